The summed E-state index contributed by atoms with van der Waals surface area (Å²) in [6.07, 6.45) is 1.76. The normalized spacial score (nSPS) is 10.6. The number of aryl methyl sites for hydroxylation is 2. The minimum Gasteiger partial charge on any atom is -0.368 e. The molecule has 134 valence electrons. The molecular formula is C19H22N6O. The van der Waals surface area contributed by atoms with Crippen LogP contribution in [0.2, 0.25) is 0 Å². The van der Waals surface area contributed by atoms with Gasteiger partial charge < -0.3 is 10.6 Å². The molecule has 0 bridgehead atoms. The average molecular weight is 350 g/mol. The van der Waals surface area contributed by atoms with Crippen molar-refractivity contribution in [2.45, 2.75) is 20.8 Å². The van der Waals surface area contributed by atoms with Gasteiger partial charge in [-0.1, -0.05) is 18.2 Å². The first-order valence-electron chi connectivity index (χ1n) is 8.48. The topological polar surface area (TPSA) is 84.7 Å². The second kappa shape index (κ2) is 7.77. The Hall–Kier alpha value is -3.22. The van der Waals surface area contributed by atoms with Crippen LogP contribution in [-0.2, 0) is 0 Å². The van der Waals surface area contributed by atoms with E-state index in [4.69, 9.17) is 0 Å². The van der Waals surface area contributed by atoms with Crippen LogP contribution in [-0.4, -0.2) is 38.5 Å². The Labute approximate surface area is 152 Å². The van der Waals surface area contributed by atoms with E-state index < -0.39 is 0 Å². The molecule has 0 fully saturated rings. The molecule has 2 aromatic heterocycles. The number of imidazole rings is 1. The molecule has 0 saturated carbocycles. The van der Waals surface area contributed by atoms with Crippen molar-refractivity contribution in [2.24, 2.45) is 0 Å². The van der Waals surface area contributed by atoms with E-state index in [1.165, 1.54) is 0 Å². The van der Waals surface area contributed by atoms with Crippen LogP contribution in [0.3, 0.4) is 0 Å². The quantitative estimate of drug-likeness (QED) is 0.667. The zero-order chi connectivity index (χ0) is 18.5. The SMILES string of the molecule is Cc1nc(NCCNC(=O)c2ccccc2)cc(-n2cnc(C)c2C)n1. The third-order valence-corrected chi connectivity index (χ3v) is 4.08. The number of hydrogen-bond acceptors (Lipinski definition) is 5. The van der Waals surface area contributed by atoms with Crippen LogP contribution >= 0.6 is 0 Å². The number of carbonyl (C=O) groups excluding carboxylic acids is 1. The molecule has 0 saturated heterocycles. The van der Waals surface area contributed by atoms with Crippen LogP contribution in [0.1, 0.15) is 27.6 Å². The van der Waals surface area contributed by atoms with Crippen molar-refractivity contribution in [3.05, 3.63) is 65.5 Å². The predicted octanol–water partition coefficient (Wildman–Crippen LogP) is 2.43. The van der Waals surface area contributed by atoms with Crippen LogP contribution in [0.5, 0.6) is 0 Å². The maximum atomic E-state index is 12.0. The zero-order valence-corrected chi connectivity index (χ0v) is 15.2. The summed E-state index contributed by atoms with van der Waals surface area (Å²) in [5.74, 6) is 2.07. The van der Waals surface area contributed by atoms with Crippen molar-refractivity contribution in [1.29, 1.82) is 0 Å². The van der Waals surface area contributed by atoms with Crippen molar-refractivity contribution in [3.8, 4) is 5.82 Å². The smallest absolute Gasteiger partial charge is 0.251 e. The maximum absolute atomic E-state index is 12.0. The number of carbonyl (C=O) groups is 1. The molecule has 1 amide bonds. The molecule has 7 nitrogen and oxygen atoms in total. The van der Waals surface area contributed by atoms with Gasteiger partial charge in [0, 0.05) is 30.4 Å². The predicted molar refractivity (Wildman–Crippen MR) is 101 cm³/mol. The molecule has 7 heteroatoms. The molecule has 1 aromatic carbocycles. The first-order valence-corrected chi connectivity index (χ1v) is 8.48. The highest BCUT2D eigenvalue weighted by Gasteiger charge is 2.09. The lowest BCUT2D eigenvalue weighted by molar-refractivity contribution is 0.0955. The number of anilines is 1. The Kier molecular flexibility index (Phi) is 5.26. The van der Waals surface area contributed by atoms with Gasteiger partial charge >= 0.3 is 0 Å². The summed E-state index contributed by atoms with van der Waals surface area (Å²) in [4.78, 5) is 25.2. The third kappa shape index (κ3) is 4.05. The van der Waals surface area contributed by atoms with E-state index >= 15 is 0 Å². The number of nitrogens with zero attached hydrogens (tertiary/aromatic N) is 4. The summed E-state index contributed by atoms with van der Waals surface area (Å²) in [6.45, 7) is 6.89. The second-order valence-corrected chi connectivity index (χ2v) is 5.99. The highest BCUT2D eigenvalue weighted by molar-refractivity contribution is 5.94. The summed E-state index contributed by atoms with van der Waals surface area (Å²) >= 11 is 0. The number of hydrogen-bond donors (Lipinski definition) is 2. The molecule has 2 N–H and O–H groups in total. The third-order valence-electron chi connectivity index (χ3n) is 4.08. The van der Waals surface area contributed by atoms with E-state index in [9.17, 15) is 4.79 Å². The van der Waals surface area contributed by atoms with Gasteiger partial charge in [0.05, 0.1) is 5.69 Å². The van der Waals surface area contributed by atoms with E-state index in [-0.39, 0.29) is 5.91 Å². The molecule has 3 rings (SSSR count). The van der Waals surface area contributed by atoms with Gasteiger partial charge in [0.15, 0.2) is 0 Å². The van der Waals surface area contributed by atoms with Gasteiger partial charge in [-0.3, -0.25) is 9.36 Å². The summed E-state index contributed by atoms with van der Waals surface area (Å²) in [6, 6.07) is 11.0. The Bertz CT molecular complexity index is 904. The minimum absolute atomic E-state index is 0.0866. The molecule has 2 heterocycles. The molecule has 0 radical (unpaired) electrons. The largest absolute Gasteiger partial charge is 0.368 e. The van der Waals surface area contributed by atoms with Gasteiger partial charge in [-0.2, -0.15) is 0 Å². The van der Waals surface area contributed by atoms with Crippen LogP contribution < -0.4 is 10.6 Å². The number of benzene rings is 1. The van der Waals surface area contributed by atoms with E-state index in [1.807, 2.05) is 49.6 Å². The van der Waals surface area contributed by atoms with Crippen LogP contribution in [0.15, 0.2) is 42.7 Å². The molecule has 0 unspecified atom stereocenters. The molecule has 0 aliphatic carbocycles. The Balaban J connectivity index is 1.60. The summed E-state index contributed by atoms with van der Waals surface area (Å²) in [5, 5.41) is 6.11. The molecular weight excluding hydrogens is 328 g/mol. The highest BCUT2D eigenvalue weighted by Crippen LogP contribution is 2.15. The summed E-state index contributed by atoms with van der Waals surface area (Å²) in [7, 11) is 0. The first kappa shape index (κ1) is 17.6. The van der Waals surface area contributed by atoms with Gasteiger partial charge in [-0.25, -0.2) is 15.0 Å². The molecule has 0 aliphatic rings. The number of aromatic nitrogens is 4. The Morgan fingerprint density at radius 3 is 2.54 bits per heavy atom. The van der Waals surface area contributed by atoms with Crippen molar-refractivity contribution in [1.82, 2.24) is 24.8 Å². The minimum atomic E-state index is -0.0866. The molecule has 0 spiro atoms. The van der Waals surface area contributed by atoms with Gasteiger partial charge in [0.25, 0.3) is 5.91 Å². The van der Waals surface area contributed by atoms with Gasteiger partial charge in [0.2, 0.25) is 0 Å². The maximum Gasteiger partial charge on any atom is 0.251 e. The first-order chi connectivity index (χ1) is 12.5. The van der Waals surface area contributed by atoms with Crippen molar-refractivity contribution in [3.63, 3.8) is 0 Å². The molecule has 26 heavy (non-hydrogen) atoms. The molecule has 3 aromatic rings. The number of amides is 1. The number of nitrogens with one attached hydrogen (secondary N) is 2. The molecule has 0 aliphatic heterocycles. The fraction of sp³-hybridized carbons (Fsp3) is 0.263. The second-order valence-electron chi connectivity index (χ2n) is 5.99. The van der Waals surface area contributed by atoms with E-state index in [2.05, 4.69) is 25.6 Å². The fourth-order valence-electron chi connectivity index (χ4n) is 2.55. The van der Waals surface area contributed by atoms with E-state index in [0.717, 1.165) is 17.2 Å². The molecule has 0 atom stereocenters. The average Bonchev–Trinajstić information content (AvgIpc) is 2.98. The van der Waals surface area contributed by atoms with Gasteiger partial charge in [0.1, 0.15) is 23.8 Å². The number of rotatable bonds is 6. The monoisotopic (exact) mass is 350 g/mol. The van der Waals surface area contributed by atoms with Crippen LogP contribution in [0.4, 0.5) is 5.82 Å². The lowest BCUT2D eigenvalue weighted by Crippen LogP contribution is -2.28. The van der Waals surface area contributed by atoms with Crippen molar-refractivity contribution >= 4 is 11.7 Å². The zero-order valence-electron chi connectivity index (χ0n) is 15.2. The summed E-state index contributed by atoms with van der Waals surface area (Å²) < 4.78 is 1.94. The van der Waals surface area contributed by atoms with Gasteiger partial charge in [-0.15, -0.1) is 0 Å². The van der Waals surface area contributed by atoms with Crippen LogP contribution in [0.25, 0.3) is 5.82 Å². The van der Waals surface area contributed by atoms with Crippen molar-refractivity contribution < 1.29 is 4.79 Å². The van der Waals surface area contributed by atoms with E-state index in [1.54, 1.807) is 18.5 Å². The standard InChI is InChI=1S/C19H22N6O/c1-13-14(2)25(12-22-13)18-11-17(23-15(3)24-18)20-9-10-21-19(26)16-7-5-4-6-8-16/h4-8,11-12H,9-10H2,1-3H3,(H,21,26)(H,20,23,24). The Morgan fingerprint density at radius 1 is 1.08 bits per heavy atom. The Morgan fingerprint density at radius 2 is 1.85 bits per heavy atom. The van der Waals surface area contributed by atoms with Crippen LogP contribution in [0, 0.1) is 20.8 Å². The van der Waals surface area contributed by atoms with Crippen molar-refractivity contribution in [2.75, 3.05) is 18.4 Å². The lowest BCUT2D eigenvalue weighted by Gasteiger charge is -2.11. The highest BCUT2D eigenvalue weighted by atomic mass is 16.1. The summed E-state index contributed by atoms with van der Waals surface area (Å²) in [5.41, 5.74) is 2.67. The lowest BCUT2D eigenvalue weighted by atomic mass is 10.2. The van der Waals surface area contributed by atoms with Gasteiger partial charge in [-0.05, 0) is 32.9 Å². The fourth-order valence-corrected chi connectivity index (χ4v) is 2.55. The van der Waals surface area contributed by atoms with E-state index in [0.29, 0.717) is 30.3 Å².